The summed E-state index contributed by atoms with van der Waals surface area (Å²) in [4.78, 5) is 19.3. The van der Waals surface area contributed by atoms with Gasteiger partial charge in [-0.25, -0.2) is 19.2 Å². The molecule has 0 saturated heterocycles. The molecule has 15 heavy (non-hydrogen) atoms. The number of aryl methyl sites for hydroxylation is 1. The van der Waals surface area contributed by atoms with Gasteiger partial charge in [0.15, 0.2) is 11.6 Å². The first-order chi connectivity index (χ1) is 6.95. The molecule has 82 valence electrons. The minimum atomic E-state index is -1.03. The number of aromatic nitrogens is 2. The zero-order valence-corrected chi connectivity index (χ0v) is 8.73. The number of carbonyl (C=O) groups is 1. The van der Waals surface area contributed by atoms with Crippen LogP contribution in [0.4, 0.5) is 10.2 Å². The zero-order valence-electron chi connectivity index (χ0n) is 8.73. The van der Waals surface area contributed by atoms with Crippen LogP contribution in [0.25, 0.3) is 0 Å². The summed E-state index contributed by atoms with van der Waals surface area (Å²) in [6.07, 6.45) is 1.21. The average molecular weight is 213 g/mol. The van der Waals surface area contributed by atoms with Gasteiger partial charge in [-0.3, -0.25) is 0 Å². The van der Waals surface area contributed by atoms with E-state index in [0.29, 0.717) is 0 Å². The van der Waals surface area contributed by atoms with Crippen molar-refractivity contribution in [3.05, 3.63) is 17.8 Å². The lowest BCUT2D eigenvalue weighted by Crippen LogP contribution is -2.37. The third-order valence-corrected chi connectivity index (χ3v) is 2.22. The van der Waals surface area contributed by atoms with Crippen molar-refractivity contribution < 1.29 is 14.3 Å². The van der Waals surface area contributed by atoms with E-state index in [1.807, 2.05) is 0 Å². The van der Waals surface area contributed by atoms with Crippen LogP contribution < -0.4 is 4.90 Å². The Labute approximate surface area is 86.6 Å². The van der Waals surface area contributed by atoms with Crippen LogP contribution in [0.15, 0.2) is 6.33 Å². The van der Waals surface area contributed by atoms with Crippen LogP contribution in [-0.4, -0.2) is 34.1 Å². The van der Waals surface area contributed by atoms with Crippen molar-refractivity contribution in [1.29, 1.82) is 0 Å². The molecule has 0 aliphatic rings. The lowest BCUT2D eigenvalue weighted by molar-refractivity contribution is -0.138. The monoisotopic (exact) mass is 213 g/mol. The van der Waals surface area contributed by atoms with Gasteiger partial charge in [-0.05, 0) is 13.8 Å². The van der Waals surface area contributed by atoms with Crippen LogP contribution in [0, 0.1) is 12.7 Å². The fourth-order valence-corrected chi connectivity index (χ4v) is 1.04. The molecule has 1 N–H and O–H groups in total. The van der Waals surface area contributed by atoms with Gasteiger partial charge in [-0.2, -0.15) is 0 Å². The van der Waals surface area contributed by atoms with E-state index in [2.05, 4.69) is 9.97 Å². The molecular formula is C9H12FN3O2. The van der Waals surface area contributed by atoms with Crippen LogP contribution in [0.1, 0.15) is 12.6 Å². The summed E-state index contributed by atoms with van der Waals surface area (Å²) in [5.74, 6) is -1.63. The Morgan fingerprint density at radius 2 is 2.20 bits per heavy atom. The van der Waals surface area contributed by atoms with Crippen molar-refractivity contribution in [2.75, 3.05) is 11.9 Å². The Hall–Kier alpha value is -1.72. The summed E-state index contributed by atoms with van der Waals surface area (Å²) in [6, 6.07) is -0.839. The minimum Gasteiger partial charge on any atom is -0.480 e. The van der Waals surface area contributed by atoms with Crippen molar-refractivity contribution in [3.63, 3.8) is 0 Å². The van der Waals surface area contributed by atoms with E-state index in [0.717, 1.165) is 0 Å². The summed E-state index contributed by atoms with van der Waals surface area (Å²) < 4.78 is 13.5. The molecule has 0 bridgehead atoms. The smallest absolute Gasteiger partial charge is 0.326 e. The van der Waals surface area contributed by atoms with Crippen LogP contribution in [-0.2, 0) is 4.79 Å². The molecule has 0 fully saturated rings. The molecule has 0 aliphatic heterocycles. The molecule has 0 aliphatic carbocycles. The number of hydrogen-bond donors (Lipinski definition) is 1. The van der Waals surface area contributed by atoms with Crippen LogP contribution in [0.5, 0.6) is 0 Å². The van der Waals surface area contributed by atoms with Gasteiger partial charge >= 0.3 is 5.97 Å². The fraction of sp³-hybridized carbons (Fsp3) is 0.444. The van der Waals surface area contributed by atoms with Gasteiger partial charge in [0.2, 0.25) is 0 Å². The van der Waals surface area contributed by atoms with Gasteiger partial charge in [0.25, 0.3) is 0 Å². The van der Waals surface area contributed by atoms with E-state index in [4.69, 9.17) is 5.11 Å². The number of halogens is 1. The summed E-state index contributed by atoms with van der Waals surface area (Å²) in [5.41, 5.74) is 0.199. The van der Waals surface area contributed by atoms with Gasteiger partial charge in [0.1, 0.15) is 12.4 Å². The second-order valence-electron chi connectivity index (χ2n) is 3.22. The van der Waals surface area contributed by atoms with E-state index < -0.39 is 17.8 Å². The maximum absolute atomic E-state index is 13.5. The first kappa shape index (κ1) is 11.4. The van der Waals surface area contributed by atoms with E-state index in [-0.39, 0.29) is 11.5 Å². The Kier molecular flexibility index (Phi) is 3.18. The molecular weight excluding hydrogens is 201 g/mol. The summed E-state index contributed by atoms with van der Waals surface area (Å²) in [7, 11) is 1.48. The average Bonchev–Trinajstić information content (AvgIpc) is 2.20. The van der Waals surface area contributed by atoms with Crippen LogP contribution >= 0.6 is 0 Å². The number of nitrogens with zero attached hydrogens (tertiary/aromatic N) is 3. The van der Waals surface area contributed by atoms with Crippen molar-refractivity contribution in [2.24, 2.45) is 0 Å². The van der Waals surface area contributed by atoms with Gasteiger partial charge in [0, 0.05) is 7.05 Å². The topological polar surface area (TPSA) is 66.3 Å². The lowest BCUT2D eigenvalue weighted by atomic mass is 10.3. The van der Waals surface area contributed by atoms with Crippen LogP contribution in [0.2, 0.25) is 0 Å². The summed E-state index contributed by atoms with van der Waals surface area (Å²) in [5, 5.41) is 8.77. The molecule has 0 saturated carbocycles. The molecule has 1 rings (SSSR count). The zero-order chi connectivity index (χ0) is 11.6. The molecule has 6 heteroatoms. The molecule has 0 amide bonds. The molecule has 0 spiro atoms. The van der Waals surface area contributed by atoms with Crippen LogP contribution in [0.3, 0.4) is 0 Å². The Bertz CT molecular complexity index is 384. The highest BCUT2D eigenvalue weighted by atomic mass is 19.1. The van der Waals surface area contributed by atoms with E-state index in [1.165, 1.54) is 32.1 Å². The Morgan fingerprint density at radius 1 is 1.60 bits per heavy atom. The van der Waals surface area contributed by atoms with E-state index in [1.54, 1.807) is 0 Å². The molecule has 1 unspecified atom stereocenters. The first-order valence-electron chi connectivity index (χ1n) is 4.38. The van der Waals surface area contributed by atoms with E-state index in [9.17, 15) is 9.18 Å². The van der Waals surface area contributed by atoms with Crippen molar-refractivity contribution in [1.82, 2.24) is 9.97 Å². The molecule has 1 aromatic rings. The highest BCUT2D eigenvalue weighted by molar-refractivity contribution is 5.77. The van der Waals surface area contributed by atoms with Gasteiger partial charge in [-0.15, -0.1) is 0 Å². The standard InChI is InChI=1S/C9H12FN3O2/c1-5-7(10)8(12-4-11-5)13(3)6(2)9(14)15/h4,6H,1-3H3,(H,14,15). The molecule has 1 atom stereocenters. The number of hydrogen-bond acceptors (Lipinski definition) is 4. The maximum atomic E-state index is 13.5. The number of likely N-dealkylation sites (N-methyl/N-ethyl adjacent to an activating group) is 1. The number of anilines is 1. The van der Waals surface area contributed by atoms with Crippen molar-refractivity contribution in [2.45, 2.75) is 19.9 Å². The predicted octanol–water partition coefficient (Wildman–Crippen LogP) is 0.833. The predicted molar refractivity (Wildman–Crippen MR) is 52.2 cm³/mol. The molecule has 0 radical (unpaired) electrons. The van der Waals surface area contributed by atoms with Gasteiger partial charge < -0.3 is 10.0 Å². The molecule has 5 nitrogen and oxygen atoms in total. The fourth-order valence-electron chi connectivity index (χ4n) is 1.04. The molecule has 1 heterocycles. The maximum Gasteiger partial charge on any atom is 0.326 e. The second-order valence-corrected chi connectivity index (χ2v) is 3.22. The molecule has 1 aromatic heterocycles. The summed E-state index contributed by atoms with van der Waals surface area (Å²) in [6.45, 7) is 2.96. The largest absolute Gasteiger partial charge is 0.480 e. The number of aliphatic carboxylic acids is 1. The number of carboxylic acid groups (broad SMARTS) is 1. The SMILES string of the molecule is Cc1ncnc(N(C)C(C)C(=O)O)c1F. The normalized spacial score (nSPS) is 12.3. The van der Waals surface area contributed by atoms with Gasteiger partial charge in [-0.1, -0.05) is 0 Å². The van der Waals surface area contributed by atoms with E-state index >= 15 is 0 Å². The third kappa shape index (κ3) is 2.20. The van der Waals surface area contributed by atoms with Crippen molar-refractivity contribution in [3.8, 4) is 0 Å². The number of rotatable bonds is 3. The van der Waals surface area contributed by atoms with Crippen molar-refractivity contribution >= 4 is 11.8 Å². The number of carboxylic acids is 1. The quantitative estimate of drug-likeness (QED) is 0.805. The molecule has 0 aromatic carbocycles. The first-order valence-corrected chi connectivity index (χ1v) is 4.38. The Balaban J connectivity index is 3.06. The van der Waals surface area contributed by atoms with Gasteiger partial charge in [0.05, 0.1) is 5.69 Å². The highest BCUT2D eigenvalue weighted by Gasteiger charge is 2.21. The highest BCUT2D eigenvalue weighted by Crippen LogP contribution is 2.17. The minimum absolute atomic E-state index is 0.00241. The lowest BCUT2D eigenvalue weighted by Gasteiger charge is -2.22. The summed E-state index contributed by atoms with van der Waals surface area (Å²) >= 11 is 0. The Morgan fingerprint density at radius 3 is 2.73 bits per heavy atom. The third-order valence-electron chi connectivity index (χ3n) is 2.22. The second kappa shape index (κ2) is 4.20.